The Labute approximate surface area is 196 Å². The highest BCUT2D eigenvalue weighted by Crippen LogP contribution is 2.38. The van der Waals surface area contributed by atoms with Gasteiger partial charge >= 0.3 is 6.18 Å². The summed E-state index contributed by atoms with van der Waals surface area (Å²) in [7, 11) is -3.23. The van der Waals surface area contributed by atoms with E-state index in [1.807, 2.05) is 0 Å². The van der Waals surface area contributed by atoms with E-state index in [4.69, 9.17) is 4.74 Å². The average molecular weight is 498 g/mol. The maximum atomic E-state index is 13.5. The van der Waals surface area contributed by atoms with Crippen molar-refractivity contribution in [3.05, 3.63) is 53.6 Å². The average Bonchev–Trinajstić information content (AvgIpc) is 3.26. The standard InChI is InChI=1S/C23H26F3N3O4S/c1-33-16-4-7-21(18(11-16)23(24,25)26)34(31,32)17-5-2-14(3-6-17)12-28-22(30)20-10-15-13-27-9-8-19(15)29-20/h2-7,11,15,19-20,27,29H,8-10,12-13H2,1H3,(H,28,30). The summed E-state index contributed by atoms with van der Waals surface area (Å²) in [6.07, 6.45) is -3.14. The molecular formula is C23H26F3N3O4S. The van der Waals surface area contributed by atoms with Crippen LogP contribution in [0.5, 0.6) is 5.75 Å². The van der Waals surface area contributed by atoms with Crippen molar-refractivity contribution in [2.24, 2.45) is 5.92 Å². The fourth-order valence-electron chi connectivity index (χ4n) is 4.52. The lowest BCUT2D eigenvalue weighted by Gasteiger charge is -2.25. The first-order valence-electron chi connectivity index (χ1n) is 10.9. The van der Waals surface area contributed by atoms with E-state index in [2.05, 4.69) is 16.0 Å². The molecule has 0 spiro atoms. The highest BCUT2D eigenvalue weighted by molar-refractivity contribution is 7.91. The van der Waals surface area contributed by atoms with Crippen molar-refractivity contribution in [1.82, 2.24) is 16.0 Å². The first kappa shape index (κ1) is 24.5. The molecule has 2 aliphatic rings. The molecule has 0 bridgehead atoms. The van der Waals surface area contributed by atoms with Gasteiger partial charge in [0.1, 0.15) is 5.75 Å². The largest absolute Gasteiger partial charge is 0.497 e. The lowest BCUT2D eigenvalue weighted by Crippen LogP contribution is -2.45. The number of hydrogen-bond donors (Lipinski definition) is 3. The van der Waals surface area contributed by atoms with Crippen LogP contribution in [0.25, 0.3) is 0 Å². The van der Waals surface area contributed by atoms with Crippen molar-refractivity contribution in [2.45, 2.75) is 47.4 Å². The van der Waals surface area contributed by atoms with Gasteiger partial charge in [0, 0.05) is 12.6 Å². The molecule has 2 aromatic carbocycles. The third kappa shape index (κ3) is 5.06. The van der Waals surface area contributed by atoms with Crippen LogP contribution >= 0.6 is 0 Å². The number of carbonyl (C=O) groups is 1. The molecule has 0 saturated carbocycles. The second-order valence-corrected chi connectivity index (χ2v) is 10.5. The van der Waals surface area contributed by atoms with Gasteiger partial charge in [0.05, 0.1) is 28.5 Å². The number of rotatable bonds is 6. The SMILES string of the molecule is COc1ccc(S(=O)(=O)c2ccc(CNC(=O)C3CC4CNCCC4N3)cc2)c(C(F)(F)F)c1. The van der Waals surface area contributed by atoms with Crippen LogP contribution in [0.2, 0.25) is 0 Å². The van der Waals surface area contributed by atoms with Gasteiger partial charge in [0.25, 0.3) is 0 Å². The quantitative estimate of drug-likeness (QED) is 0.568. The van der Waals surface area contributed by atoms with Crippen LogP contribution in [0.4, 0.5) is 13.2 Å². The van der Waals surface area contributed by atoms with Gasteiger partial charge in [-0.1, -0.05) is 12.1 Å². The Bertz CT molecular complexity index is 1140. The lowest BCUT2D eigenvalue weighted by atomic mass is 9.94. The van der Waals surface area contributed by atoms with Crippen LogP contribution in [-0.4, -0.2) is 46.6 Å². The number of alkyl halides is 3. The van der Waals surface area contributed by atoms with E-state index in [1.54, 1.807) is 0 Å². The van der Waals surface area contributed by atoms with Crippen molar-refractivity contribution in [3.63, 3.8) is 0 Å². The van der Waals surface area contributed by atoms with Crippen LogP contribution < -0.4 is 20.7 Å². The second-order valence-electron chi connectivity index (χ2n) is 8.54. The fraction of sp³-hybridized carbons (Fsp3) is 0.435. The molecule has 34 heavy (non-hydrogen) atoms. The Hall–Kier alpha value is -2.63. The number of fused-ring (bicyclic) bond motifs is 1. The molecule has 2 fully saturated rings. The highest BCUT2D eigenvalue weighted by atomic mass is 32.2. The van der Waals surface area contributed by atoms with E-state index in [0.717, 1.165) is 32.0 Å². The number of carbonyl (C=O) groups excluding carboxylic acids is 1. The van der Waals surface area contributed by atoms with Crippen molar-refractivity contribution in [1.29, 1.82) is 0 Å². The van der Waals surface area contributed by atoms with Gasteiger partial charge in [0.15, 0.2) is 0 Å². The molecule has 0 radical (unpaired) electrons. The molecule has 0 aromatic heterocycles. The van der Waals surface area contributed by atoms with Gasteiger partial charge in [-0.15, -0.1) is 0 Å². The number of hydrogen-bond acceptors (Lipinski definition) is 6. The van der Waals surface area contributed by atoms with Crippen LogP contribution in [0, 0.1) is 5.92 Å². The van der Waals surface area contributed by atoms with Crippen molar-refractivity contribution in [3.8, 4) is 5.75 Å². The Balaban J connectivity index is 1.45. The number of amides is 1. The summed E-state index contributed by atoms with van der Waals surface area (Å²) >= 11 is 0. The molecule has 2 aromatic rings. The van der Waals surface area contributed by atoms with Gasteiger partial charge in [-0.25, -0.2) is 8.42 Å². The molecule has 1 amide bonds. The van der Waals surface area contributed by atoms with E-state index in [9.17, 15) is 26.4 Å². The summed E-state index contributed by atoms with van der Waals surface area (Å²) in [5, 5.41) is 9.55. The lowest BCUT2D eigenvalue weighted by molar-refractivity contribution is -0.140. The minimum Gasteiger partial charge on any atom is -0.497 e. The first-order valence-corrected chi connectivity index (χ1v) is 12.4. The molecule has 11 heteroatoms. The van der Waals surface area contributed by atoms with Gasteiger partial charge in [-0.05, 0) is 67.7 Å². The summed E-state index contributed by atoms with van der Waals surface area (Å²) in [6.45, 7) is 2.00. The highest BCUT2D eigenvalue weighted by Gasteiger charge is 2.39. The van der Waals surface area contributed by atoms with Crippen LogP contribution in [0.1, 0.15) is 24.0 Å². The Morgan fingerprint density at radius 2 is 1.91 bits per heavy atom. The van der Waals surface area contributed by atoms with E-state index >= 15 is 0 Å². The number of methoxy groups -OCH3 is 1. The Morgan fingerprint density at radius 3 is 2.56 bits per heavy atom. The van der Waals surface area contributed by atoms with Gasteiger partial charge in [-0.2, -0.15) is 13.2 Å². The zero-order valence-corrected chi connectivity index (χ0v) is 19.3. The number of ether oxygens (including phenoxy) is 1. The number of nitrogens with one attached hydrogen (secondary N) is 3. The molecule has 4 rings (SSSR count). The van der Waals surface area contributed by atoms with Gasteiger partial charge in [-0.3, -0.25) is 4.79 Å². The number of halogens is 3. The predicted molar refractivity (Wildman–Crippen MR) is 118 cm³/mol. The molecule has 2 aliphatic heterocycles. The minimum absolute atomic E-state index is 0.0929. The molecule has 184 valence electrons. The number of sulfone groups is 1. The normalized spacial score (nSPS) is 22.8. The molecule has 2 heterocycles. The zero-order chi connectivity index (χ0) is 24.5. The first-order chi connectivity index (χ1) is 16.1. The monoisotopic (exact) mass is 497 g/mol. The summed E-state index contributed by atoms with van der Waals surface area (Å²) in [6, 6.07) is 8.25. The third-order valence-corrected chi connectivity index (χ3v) is 8.19. The van der Waals surface area contributed by atoms with Gasteiger partial charge < -0.3 is 20.7 Å². The van der Waals surface area contributed by atoms with Crippen LogP contribution in [-0.2, 0) is 27.4 Å². The molecule has 3 N–H and O–H groups in total. The van der Waals surface area contributed by atoms with Crippen molar-refractivity contribution >= 4 is 15.7 Å². The van der Waals surface area contributed by atoms with Crippen molar-refractivity contribution in [2.75, 3.05) is 20.2 Å². The maximum Gasteiger partial charge on any atom is 0.417 e. The summed E-state index contributed by atoms with van der Waals surface area (Å²) in [5.74, 6) is 0.206. The Kier molecular flexibility index (Phi) is 6.88. The van der Waals surface area contributed by atoms with E-state index in [-0.39, 0.29) is 29.1 Å². The fourth-order valence-corrected chi connectivity index (χ4v) is 5.98. The molecule has 7 nitrogen and oxygen atoms in total. The predicted octanol–water partition coefficient (Wildman–Crippen LogP) is 2.50. The van der Waals surface area contributed by atoms with Crippen LogP contribution in [0.15, 0.2) is 52.3 Å². The van der Waals surface area contributed by atoms with E-state index in [0.29, 0.717) is 23.6 Å². The second kappa shape index (κ2) is 9.55. The summed E-state index contributed by atoms with van der Waals surface area (Å²) in [4.78, 5) is 11.4. The Morgan fingerprint density at radius 1 is 1.18 bits per heavy atom. The van der Waals surface area contributed by atoms with E-state index < -0.39 is 26.5 Å². The summed E-state index contributed by atoms with van der Waals surface area (Å²) < 4.78 is 71.2. The zero-order valence-electron chi connectivity index (χ0n) is 18.5. The minimum atomic E-state index is -4.87. The number of piperidine rings is 1. The molecule has 3 unspecified atom stereocenters. The maximum absolute atomic E-state index is 13.5. The molecule has 2 saturated heterocycles. The molecule has 3 atom stereocenters. The van der Waals surface area contributed by atoms with E-state index in [1.165, 1.54) is 37.4 Å². The smallest absolute Gasteiger partial charge is 0.417 e. The van der Waals surface area contributed by atoms with Crippen molar-refractivity contribution < 1.29 is 31.1 Å². The summed E-state index contributed by atoms with van der Waals surface area (Å²) in [5.41, 5.74) is -0.654. The van der Waals surface area contributed by atoms with Gasteiger partial charge in [0.2, 0.25) is 15.7 Å². The van der Waals surface area contributed by atoms with Crippen LogP contribution in [0.3, 0.4) is 0 Å². The topological polar surface area (TPSA) is 96.5 Å². The number of benzene rings is 2. The molecule has 0 aliphatic carbocycles. The third-order valence-electron chi connectivity index (χ3n) is 6.36. The molecular weight excluding hydrogens is 471 g/mol.